The van der Waals surface area contributed by atoms with Crippen molar-refractivity contribution in [3.63, 3.8) is 0 Å². The van der Waals surface area contributed by atoms with Gasteiger partial charge in [-0.05, 0) is 12.2 Å². The Labute approximate surface area is 79.8 Å². The molecule has 2 N–H and O–H groups in total. The molecule has 0 amide bonds. The van der Waals surface area contributed by atoms with Gasteiger partial charge in [-0.15, -0.1) is 0 Å². The molecular formula is C8H7ClN2O2. The van der Waals surface area contributed by atoms with Gasteiger partial charge >= 0.3 is 5.97 Å². The number of hydrogen-bond acceptors (Lipinski definition) is 3. The van der Waals surface area contributed by atoms with Gasteiger partial charge in [-0.3, -0.25) is 0 Å². The minimum absolute atomic E-state index is 0.286. The number of rotatable bonds is 1. The lowest BCUT2D eigenvalue weighted by Crippen LogP contribution is -2.38. The molecule has 5 heteroatoms. The zero-order valence-corrected chi connectivity index (χ0v) is 7.32. The summed E-state index contributed by atoms with van der Waals surface area (Å²) < 4.78 is 0. The van der Waals surface area contributed by atoms with Gasteiger partial charge in [0.1, 0.15) is 11.3 Å². The van der Waals surface area contributed by atoms with Crippen LogP contribution in [-0.4, -0.2) is 22.1 Å². The molecule has 0 spiro atoms. The fourth-order valence-corrected chi connectivity index (χ4v) is 1.56. The third-order valence-corrected chi connectivity index (χ3v) is 2.25. The van der Waals surface area contributed by atoms with Crippen molar-refractivity contribution in [1.29, 1.82) is 0 Å². The van der Waals surface area contributed by atoms with E-state index in [4.69, 9.17) is 16.7 Å². The molecule has 1 unspecified atom stereocenters. The van der Waals surface area contributed by atoms with Crippen molar-refractivity contribution in [1.82, 2.24) is 10.2 Å². The average Bonchev–Trinajstić information content (AvgIpc) is 2.48. The van der Waals surface area contributed by atoms with Gasteiger partial charge in [-0.25, -0.2) is 4.79 Å². The molecule has 0 fully saturated rings. The lowest BCUT2D eigenvalue weighted by atomic mass is 10.1. The second-order valence-corrected chi connectivity index (χ2v) is 3.10. The van der Waals surface area contributed by atoms with E-state index in [2.05, 4.69) is 5.32 Å². The number of fused-ring (bicyclic) bond motifs is 1. The smallest absolute Gasteiger partial charge is 0.335 e. The highest BCUT2D eigenvalue weighted by Gasteiger charge is 2.31. The first-order valence-corrected chi connectivity index (χ1v) is 4.09. The third kappa shape index (κ3) is 1.19. The first kappa shape index (κ1) is 8.19. The molecule has 2 aliphatic rings. The predicted octanol–water partition coefficient (Wildman–Crippen LogP) is 0.794. The van der Waals surface area contributed by atoms with Crippen LogP contribution in [0, 0.1) is 0 Å². The molecule has 0 aliphatic carbocycles. The Balaban J connectivity index is 2.31. The number of carbonyl (C=O) groups is 1. The van der Waals surface area contributed by atoms with Gasteiger partial charge in [0.05, 0.1) is 5.57 Å². The number of aliphatic carboxylic acids is 1. The van der Waals surface area contributed by atoms with E-state index in [1.807, 2.05) is 0 Å². The molecule has 2 aliphatic heterocycles. The summed E-state index contributed by atoms with van der Waals surface area (Å²) in [6.07, 6.45) is 6.16. The molecule has 0 aromatic rings. The monoisotopic (exact) mass is 198 g/mol. The van der Waals surface area contributed by atoms with Crippen LogP contribution >= 0.6 is 11.6 Å². The Morgan fingerprint density at radius 1 is 1.69 bits per heavy atom. The van der Waals surface area contributed by atoms with Crippen molar-refractivity contribution >= 4 is 17.6 Å². The SMILES string of the molecule is O=C(O)C1=CC=CN2C(Cl)=CNC12. The fraction of sp³-hybridized carbons (Fsp3) is 0.125. The molecule has 0 bridgehead atoms. The highest BCUT2D eigenvalue weighted by Crippen LogP contribution is 2.25. The van der Waals surface area contributed by atoms with Gasteiger partial charge in [0.25, 0.3) is 0 Å². The minimum Gasteiger partial charge on any atom is -0.478 e. The Bertz CT molecular complexity index is 346. The first-order chi connectivity index (χ1) is 6.20. The molecule has 13 heavy (non-hydrogen) atoms. The van der Waals surface area contributed by atoms with Crippen molar-refractivity contribution in [2.24, 2.45) is 0 Å². The van der Waals surface area contributed by atoms with Crippen molar-refractivity contribution < 1.29 is 9.90 Å². The average molecular weight is 199 g/mol. The van der Waals surface area contributed by atoms with Crippen molar-refractivity contribution in [3.8, 4) is 0 Å². The normalized spacial score (nSPS) is 24.7. The minimum atomic E-state index is -0.938. The number of nitrogens with one attached hydrogen (secondary N) is 1. The van der Waals surface area contributed by atoms with Gasteiger partial charge in [0.15, 0.2) is 0 Å². The quantitative estimate of drug-likeness (QED) is 0.612. The van der Waals surface area contributed by atoms with Crippen molar-refractivity contribution in [3.05, 3.63) is 35.3 Å². The van der Waals surface area contributed by atoms with Crippen LogP contribution in [0.2, 0.25) is 0 Å². The summed E-state index contributed by atoms with van der Waals surface area (Å²) in [5.74, 6) is -0.938. The van der Waals surface area contributed by atoms with Gasteiger partial charge < -0.3 is 15.3 Å². The zero-order valence-electron chi connectivity index (χ0n) is 6.57. The Morgan fingerprint density at radius 3 is 3.15 bits per heavy atom. The molecule has 68 valence electrons. The lowest BCUT2D eigenvalue weighted by molar-refractivity contribution is -0.133. The lowest BCUT2D eigenvalue weighted by Gasteiger charge is -2.26. The van der Waals surface area contributed by atoms with Gasteiger partial charge in [0, 0.05) is 12.4 Å². The molecule has 2 rings (SSSR count). The van der Waals surface area contributed by atoms with Gasteiger partial charge in [0.2, 0.25) is 0 Å². The van der Waals surface area contributed by atoms with E-state index in [0.29, 0.717) is 5.16 Å². The summed E-state index contributed by atoms with van der Waals surface area (Å²) in [5, 5.41) is 12.2. The van der Waals surface area contributed by atoms with Crippen LogP contribution < -0.4 is 5.32 Å². The third-order valence-electron chi connectivity index (χ3n) is 1.95. The molecular weight excluding hydrogens is 192 g/mol. The second-order valence-electron chi connectivity index (χ2n) is 2.71. The summed E-state index contributed by atoms with van der Waals surface area (Å²) in [4.78, 5) is 12.4. The van der Waals surface area contributed by atoms with Crippen molar-refractivity contribution in [2.75, 3.05) is 0 Å². The fourth-order valence-electron chi connectivity index (χ4n) is 1.34. The van der Waals surface area contributed by atoms with E-state index in [1.165, 1.54) is 0 Å². The number of halogens is 1. The van der Waals surface area contributed by atoms with Gasteiger partial charge in [-0.1, -0.05) is 11.6 Å². The predicted molar refractivity (Wildman–Crippen MR) is 47.6 cm³/mol. The van der Waals surface area contributed by atoms with Crippen LogP contribution in [0.3, 0.4) is 0 Å². The number of carboxylic acids is 1. The highest BCUT2D eigenvalue weighted by molar-refractivity contribution is 6.29. The number of carboxylic acid groups (broad SMARTS) is 1. The van der Waals surface area contributed by atoms with E-state index >= 15 is 0 Å². The maximum Gasteiger partial charge on any atom is 0.335 e. The van der Waals surface area contributed by atoms with E-state index in [0.717, 1.165) is 0 Å². The Kier molecular flexibility index (Phi) is 1.77. The van der Waals surface area contributed by atoms with Crippen LogP contribution in [0.1, 0.15) is 0 Å². The molecule has 1 atom stereocenters. The maximum absolute atomic E-state index is 10.8. The van der Waals surface area contributed by atoms with Crippen LogP contribution in [0.15, 0.2) is 35.3 Å². The first-order valence-electron chi connectivity index (χ1n) is 3.72. The van der Waals surface area contributed by atoms with Crippen LogP contribution in [0.25, 0.3) is 0 Å². The van der Waals surface area contributed by atoms with Crippen LogP contribution in [0.5, 0.6) is 0 Å². The largest absolute Gasteiger partial charge is 0.478 e. The molecule has 4 nitrogen and oxygen atoms in total. The van der Waals surface area contributed by atoms with E-state index < -0.39 is 5.97 Å². The van der Waals surface area contributed by atoms with E-state index in [-0.39, 0.29) is 11.7 Å². The highest BCUT2D eigenvalue weighted by atomic mass is 35.5. The zero-order chi connectivity index (χ0) is 9.42. The van der Waals surface area contributed by atoms with Gasteiger partial charge in [-0.2, -0.15) is 0 Å². The molecule has 0 saturated carbocycles. The molecule has 0 radical (unpaired) electrons. The van der Waals surface area contributed by atoms with E-state index in [1.54, 1.807) is 29.5 Å². The summed E-state index contributed by atoms with van der Waals surface area (Å²) in [6, 6.07) is 0. The van der Waals surface area contributed by atoms with E-state index in [9.17, 15) is 4.79 Å². The van der Waals surface area contributed by atoms with Crippen molar-refractivity contribution in [2.45, 2.75) is 6.17 Å². The standard InChI is InChI=1S/C8H7ClN2O2/c9-6-4-10-7-5(8(12)13)2-1-3-11(6)7/h1-4,7,10H,(H,12,13). The number of hydrogen-bond donors (Lipinski definition) is 2. The topological polar surface area (TPSA) is 52.6 Å². The Hall–Kier alpha value is -1.42. The maximum atomic E-state index is 10.8. The Morgan fingerprint density at radius 2 is 2.46 bits per heavy atom. The summed E-state index contributed by atoms with van der Waals surface area (Å²) in [6.45, 7) is 0. The number of nitrogens with zero attached hydrogens (tertiary/aromatic N) is 1. The summed E-state index contributed by atoms with van der Waals surface area (Å²) >= 11 is 5.81. The summed E-state index contributed by atoms with van der Waals surface area (Å²) in [5.41, 5.74) is 0.286. The molecule has 0 aromatic carbocycles. The molecule has 0 saturated heterocycles. The number of allylic oxidation sites excluding steroid dienone is 2. The molecule has 2 heterocycles. The molecule has 0 aromatic heterocycles. The van der Waals surface area contributed by atoms with Crippen LogP contribution in [0.4, 0.5) is 0 Å². The second kappa shape index (κ2) is 2.81. The van der Waals surface area contributed by atoms with Crippen LogP contribution in [-0.2, 0) is 4.79 Å². The summed E-state index contributed by atoms with van der Waals surface area (Å²) in [7, 11) is 0.